The number of alkyl halides is 2. The van der Waals surface area contributed by atoms with Gasteiger partial charge in [0.2, 0.25) is 0 Å². The number of halogens is 4. The monoisotopic (exact) mass is 489 g/mol. The van der Waals surface area contributed by atoms with Gasteiger partial charge in [0.25, 0.3) is 11.8 Å². The number of hydrogen-bond donors (Lipinski definition) is 0. The number of carbonyl (C=O) groups excluding carboxylic acids is 1. The van der Waals surface area contributed by atoms with Gasteiger partial charge in [-0.3, -0.25) is 4.79 Å². The lowest BCUT2D eigenvalue weighted by Crippen LogP contribution is -2.42. The van der Waals surface area contributed by atoms with Crippen LogP contribution in [-0.4, -0.2) is 29.8 Å². The molecule has 0 radical (unpaired) electrons. The summed E-state index contributed by atoms with van der Waals surface area (Å²) in [6.45, 7) is 0.173. The molecule has 0 aliphatic carbocycles. The topological polar surface area (TPSA) is 20.3 Å². The molecule has 3 aromatic carbocycles. The highest BCUT2D eigenvalue weighted by molar-refractivity contribution is 9.10. The normalized spacial score (nSPS) is 15.8. The zero-order chi connectivity index (χ0) is 21.3. The Labute approximate surface area is 187 Å². The standard InChI is InChI=1S/C24H19BrClF2NO/c25-22-9-8-18(15-21(22)19-2-1-3-20(26)14-19)16-4-6-17(7-5-16)23(30)29-12-10-24(27,28)11-13-29/h1-9,14-15H,10-13H2. The first-order valence-corrected chi connectivity index (χ1v) is 10.8. The van der Waals surface area contributed by atoms with Crippen molar-refractivity contribution in [3.8, 4) is 22.3 Å². The number of piperidine rings is 1. The molecule has 1 heterocycles. The number of benzene rings is 3. The lowest BCUT2D eigenvalue weighted by molar-refractivity contribution is -0.0494. The summed E-state index contributed by atoms with van der Waals surface area (Å²) in [5.74, 6) is -2.87. The minimum absolute atomic E-state index is 0.0866. The minimum Gasteiger partial charge on any atom is -0.338 e. The summed E-state index contributed by atoms with van der Waals surface area (Å²) in [6.07, 6.45) is -0.552. The Morgan fingerprint density at radius 2 is 1.57 bits per heavy atom. The van der Waals surface area contributed by atoms with Crippen molar-refractivity contribution < 1.29 is 13.6 Å². The fourth-order valence-corrected chi connectivity index (χ4v) is 4.27. The molecule has 1 amide bonds. The third-order valence-corrected chi connectivity index (χ3v) is 6.28. The van der Waals surface area contributed by atoms with Crippen molar-refractivity contribution >= 4 is 33.4 Å². The molecule has 3 aromatic rings. The van der Waals surface area contributed by atoms with Gasteiger partial charge in [-0.15, -0.1) is 0 Å². The van der Waals surface area contributed by atoms with E-state index in [4.69, 9.17) is 11.6 Å². The summed E-state index contributed by atoms with van der Waals surface area (Å²) in [7, 11) is 0. The fourth-order valence-electron chi connectivity index (χ4n) is 3.61. The maximum absolute atomic E-state index is 13.3. The number of nitrogens with zero attached hydrogens (tertiary/aromatic N) is 1. The molecule has 1 aliphatic heterocycles. The molecule has 0 spiro atoms. The Balaban J connectivity index is 1.56. The molecule has 0 saturated carbocycles. The number of carbonyl (C=O) groups is 1. The average molecular weight is 491 g/mol. The van der Waals surface area contributed by atoms with Crippen molar-refractivity contribution in [2.24, 2.45) is 0 Å². The van der Waals surface area contributed by atoms with Gasteiger partial charge in [-0.2, -0.15) is 0 Å². The molecule has 6 heteroatoms. The zero-order valence-electron chi connectivity index (χ0n) is 16.0. The summed E-state index contributed by atoms with van der Waals surface area (Å²) in [4.78, 5) is 14.1. The van der Waals surface area contributed by atoms with E-state index < -0.39 is 5.92 Å². The van der Waals surface area contributed by atoms with Gasteiger partial charge in [0.05, 0.1) is 0 Å². The van der Waals surface area contributed by atoms with Crippen molar-refractivity contribution in [2.45, 2.75) is 18.8 Å². The summed E-state index contributed by atoms with van der Waals surface area (Å²) in [5.41, 5.74) is 4.50. The van der Waals surface area contributed by atoms with Gasteiger partial charge >= 0.3 is 0 Å². The zero-order valence-corrected chi connectivity index (χ0v) is 18.4. The van der Waals surface area contributed by atoms with E-state index in [1.54, 1.807) is 12.1 Å². The predicted octanol–water partition coefficient (Wildman–Crippen LogP) is 7.31. The van der Waals surface area contributed by atoms with Gasteiger partial charge in [0.1, 0.15) is 0 Å². The van der Waals surface area contributed by atoms with Crippen LogP contribution >= 0.6 is 27.5 Å². The molecule has 0 atom stereocenters. The smallest absolute Gasteiger partial charge is 0.253 e. The SMILES string of the molecule is O=C(c1ccc(-c2ccc(Br)c(-c3cccc(Cl)c3)c2)cc1)N1CCC(F)(F)CC1. The third kappa shape index (κ3) is 4.57. The molecule has 0 N–H and O–H groups in total. The summed E-state index contributed by atoms with van der Waals surface area (Å²) in [5, 5.41) is 0.670. The number of likely N-dealkylation sites (tertiary alicyclic amines) is 1. The van der Waals surface area contributed by atoms with Gasteiger partial charge in [-0.1, -0.05) is 57.9 Å². The lowest BCUT2D eigenvalue weighted by atomic mass is 9.98. The maximum atomic E-state index is 13.3. The van der Waals surface area contributed by atoms with E-state index >= 15 is 0 Å². The third-order valence-electron chi connectivity index (χ3n) is 5.35. The van der Waals surface area contributed by atoms with Crippen molar-refractivity contribution in [1.29, 1.82) is 0 Å². The van der Waals surface area contributed by atoms with Crippen molar-refractivity contribution in [2.75, 3.05) is 13.1 Å². The van der Waals surface area contributed by atoms with Crippen LogP contribution < -0.4 is 0 Å². The first-order chi connectivity index (χ1) is 14.3. The van der Waals surface area contributed by atoms with Crippen LogP contribution in [0.25, 0.3) is 22.3 Å². The predicted molar refractivity (Wildman–Crippen MR) is 120 cm³/mol. The molecule has 0 bridgehead atoms. The van der Waals surface area contributed by atoms with Crippen LogP contribution in [0.1, 0.15) is 23.2 Å². The molecule has 1 saturated heterocycles. The van der Waals surface area contributed by atoms with Crippen LogP contribution in [0.3, 0.4) is 0 Å². The van der Waals surface area contributed by atoms with Gasteiger partial charge in [-0.25, -0.2) is 8.78 Å². The maximum Gasteiger partial charge on any atom is 0.253 e. The molecule has 30 heavy (non-hydrogen) atoms. The quantitative estimate of drug-likeness (QED) is 0.377. The summed E-state index contributed by atoms with van der Waals surface area (Å²) in [6, 6.07) is 21.0. The second-order valence-corrected chi connectivity index (χ2v) is 8.72. The minimum atomic E-state index is -2.66. The Bertz CT molecular complexity index is 1070. The number of hydrogen-bond acceptors (Lipinski definition) is 1. The molecule has 0 unspecified atom stereocenters. The molecule has 1 fully saturated rings. The van der Waals surface area contributed by atoms with Gasteiger partial charge < -0.3 is 4.90 Å². The second kappa shape index (κ2) is 8.48. The number of rotatable bonds is 3. The van der Waals surface area contributed by atoms with E-state index in [0.29, 0.717) is 10.6 Å². The largest absolute Gasteiger partial charge is 0.338 e. The summed E-state index contributed by atoms with van der Waals surface area (Å²) < 4.78 is 27.6. The number of amides is 1. The Morgan fingerprint density at radius 1 is 0.900 bits per heavy atom. The lowest BCUT2D eigenvalue weighted by Gasteiger charge is -2.31. The van der Waals surface area contributed by atoms with E-state index in [0.717, 1.165) is 26.7 Å². The molecular weight excluding hydrogens is 472 g/mol. The molecule has 2 nitrogen and oxygen atoms in total. The van der Waals surface area contributed by atoms with Gasteiger partial charge in [-0.05, 0) is 58.7 Å². The molecule has 0 aromatic heterocycles. The molecular formula is C24H19BrClF2NO. The first-order valence-electron chi connectivity index (χ1n) is 9.65. The highest BCUT2D eigenvalue weighted by Gasteiger charge is 2.35. The molecule has 154 valence electrons. The Hall–Kier alpha value is -2.24. The fraction of sp³-hybridized carbons (Fsp3) is 0.208. The van der Waals surface area contributed by atoms with Crippen LogP contribution in [0, 0.1) is 0 Å². The van der Waals surface area contributed by atoms with E-state index in [1.165, 1.54) is 4.90 Å². The van der Waals surface area contributed by atoms with E-state index in [-0.39, 0.29) is 31.8 Å². The first kappa shape index (κ1) is 21.0. The van der Waals surface area contributed by atoms with Crippen LogP contribution in [0.5, 0.6) is 0 Å². The van der Waals surface area contributed by atoms with Crippen molar-refractivity contribution in [3.63, 3.8) is 0 Å². The molecule has 1 aliphatic rings. The Morgan fingerprint density at radius 3 is 2.23 bits per heavy atom. The van der Waals surface area contributed by atoms with Crippen LogP contribution in [0.15, 0.2) is 71.2 Å². The average Bonchev–Trinajstić information content (AvgIpc) is 2.74. The van der Waals surface area contributed by atoms with Gasteiger partial charge in [0, 0.05) is 41.0 Å². The highest BCUT2D eigenvalue weighted by Crippen LogP contribution is 2.34. The van der Waals surface area contributed by atoms with Crippen LogP contribution in [0.4, 0.5) is 8.78 Å². The second-order valence-electron chi connectivity index (χ2n) is 7.43. The molecule has 4 rings (SSSR count). The van der Waals surface area contributed by atoms with E-state index in [9.17, 15) is 13.6 Å². The summed E-state index contributed by atoms with van der Waals surface area (Å²) >= 11 is 9.74. The van der Waals surface area contributed by atoms with Crippen molar-refractivity contribution in [3.05, 3.63) is 81.8 Å². The van der Waals surface area contributed by atoms with E-state index in [1.807, 2.05) is 48.5 Å². The van der Waals surface area contributed by atoms with Gasteiger partial charge in [0.15, 0.2) is 0 Å². The highest BCUT2D eigenvalue weighted by atomic mass is 79.9. The van der Waals surface area contributed by atoms with Crippen LogP contribution in [0.2, 0.25) is 5.02 Å². The van der Waals surface area contributed by atoms with E-state index in [2.05, 4.69) is 22.0 Å². The van der Waals surface area contributed by atoms with Crippen LogP contribution in [-0.2, 0) is 0 Å². The Kier molecular flexibility index (Phi) is 5.94. The van der Waals surface area contributed by atoms with Crippen molar-refractivity contribution in [1.82, 2.24) is 4.90 Å².